The summed E-state index contributed by atoms with van der Waals surface area (Å²) in [7, 11) is 0. The number of carboxylic acids is 1. The first-order valence-corrected chi connectivity index (χ1v) is 5.44. The molecule has 5 nitrogen and oxygen atoms in total. The van der Waals surface area contributed by atoms with Crippen LogP contribution < -0.4 is 10.6 Å². The first kappa shape index (κ1) is 15.1. The quantitative estimate of drug-likeness (QED) is 0.881. The van der Waals surface area contributed by atoms with Gasteiger partial charge in [0.05, 0.1) is 17.4 Å². The fraction of sp³-hybridized carbons (Fsp3) is 0.455. The number of hydrogen-bond acceptors (Lipinski definition) is 4. The molecule has 0 atom stereocenters. The van der Waals surface area contributed by atoms with Gasteiger partial charge in [-0.3, -0.25) is 0 Å². The van der Waals surface area contributed by atoms with E-state index in [1.54, 1.807) is 13.8 Å². The molecule has 0 spiro atoms. The van der Waals surface area contributed by atoms with Crippen molar-refractivity contribution in [3.05, 3.63) is 17.8 Å². The highest BCUT2D eigenvalue weighted by Crippen LogP contribution is 2.25. The molecular formula is C11H14F3N3O2. The SMILES string of the molecule is CC(C)N(CC(F)(F)F)c1cc(C(=O)O)c(N)cn1. The summed E-state index contributed by atoms with van der Waals surface area (Å²) in [4.78, 5) is 15.6. The first-order chi connectivity index (χ1) is 8.61. The minimum Gasteiger partial charge on any atom is -0.478 e. The van der Waals surface area contributed by atoms with E-state index < -0.39 is 24.7 Å². The van der Waals surface area contributed by atoms with Crippen molar-refractivity contribution < 1.29 is 23.1 Å². The largest absolute Gasteiger partial charge is 0.478 e. The van der Waals surface area contributed by atoms with Crippen LogP contribution in [0.2, 0.25) is 0 Å². The second-order valence-corrected chi connectivity index (χ2v) is 4.27. The van der Waals surface area contributed by atoms with Gasteiger partial charge in [0.25, 0.3) is 0 Å². The van der Waals surface area contributed by atoms with E-state index in [9.17, 15) is 18.0 Å². The van der Waals surface area contributed by atoms with Crippen molar-refractivity contribution in [3.8, 4) is 0 Å². The molecule has 1 heterocycles. The van der Waals surface area contributed by atoms with Gasteiger partial charge in [-0.25, -0.2) is 9.78 Å². The molecule has 1 aromatic rings. The summed E-state index contributed by atoms with van der Waals surface area (Å²) in [6.07, 6.45) is -3.36. The molecule has 1 aromatic heterocycles. The number of aromatic nitrogens is 1. The van der Waals surface area contributed by atoms with Gasteiger partial charge in [0.1, 0.15) is 12.4 Å². The second kappa shape index (κ2) is 5.33. The van der Waals surface area contributed by atoms with Crippen LogP contribution in [0.25, 0.3) is 0 Å². The molecule has 0 aromatic carbocycles. The topological polar surface area (TPSA) is 79.5 Å². The van der Waals surface area contributed by atoms with Crippen molar-refractivity contribution >= 4 is 17.5 Å². The van der Waals surface area contributed by atoms with E-state index >= 15 is 0 Å². The van der Waals surface area contributed by atoms with Gasteiger partial charge >= 0.3 is 12.1 Å². The Balaban J connectivity index is 3.17. The number of halogens is 3. The summed E-state index contributed by atoms with van der Waals surface area (Å²) in [6, 6.07) is 0.558. The third-order valence-corrected chi connectivity index (χ3v) is 2.42. The molecule has 0 saturated carbocycles. The van der Waals surface area contributed by atoms with Crippen LogP contribution in [-0.4, -0.2) is 34.8 Å². The molecule has 0 bridgehead atoms. The standard InChI is InChI=1S/C11H14F3N3O2/c1-6(2)17(5-11(12,13)14)9-3-7(10(18)19)8(15)4-16-9/h3-4,6H,5,15H2,1-2H3,(H,18,19). The molecule has 106 valence electrons. The van der Waals surface area contributed by atoms with Gasteiger partial charge in [0, 0.05) is 6.04 Å². The maximum absolute atomic E-state index is 12.5. The molecule has 0 fully saturated rings. The molecule has 0 saturated heterocycles. The van der Waals surface area contributed by atoms with Crippen molar-refractivity contribution in [2.45, 2.75) is 26.1 Å². The zero-order valence-electron chi connectivity index (χ0n) is 10.4. The number of carbonyl (C=O) groups is 1. The lowest BCUT2D eigenvalue weighted by atomic mass is 10.2. The molecule has 0 radical (unpaired) electrons. The van der Waals surface area contributed by atoms with Crippen LogP contribution in [0, 0.1) is 0 Å². The van der Waals surface area contributed by atoms with Crippen LogP contribution in [0.3, 0.4) is 0 Å². The molecule has 0 aliphatic carbocycles. The van der Waals surface area contributed by atoms with Gasteiger partial charge in [-0.15, -0.1) is 0 Å². The summed E-state index contributed by atoms with van der Waals surface area (Å²) < 4.78 is 37.4. The Morgan fingerprint density at radius 3 is 2.53 bits per heavy atom. The van der Waals surface area contributed by atoms with Gasteiger partial charge in [-0.05, 0) is 19.9 Å². The lowest BCUT2D eigenvalue weighted by Gasteiger charge is -2.29. The van der Waals surface area contributed by atoms with Crippen LogP contribution in [0.4, 0.5) is 24.7 Å². The molecule has 1 rings (SSSR count). The molecule has 8 heteroatoms. The lowest BCUT2D eigenvalue weighted by molar-refractivity contribution is -0.120. The number of nitrogens with zero attached hydrogens (tertiary/aromatic N) is 2. The average Bonchev–Trinajstić information content (AvgIpc) is 2.25. The Morgan fingerprint density at radius 2 is 2.11 bits per heavy atom. The Kier molecular flexibility index (Phi) is 4.23. The molecule has 0 amide bonds. The lowest BCUT2D eigenvalue weighted by Crippen LogP contribution is -2.39. The van der Waals surface area contributed by atoms with Crippen LogP contribution >= 0.6 is 0 Å². The minimum absolute atomic E-state index is 0.0704. The maximum atomic E-state index is 12.5. The number of rotatable bonds is 4. The zero-order chi connectivity index (χ0) is 14.8. The minimum atomic E-state index is -4.41. The Morgan fingerprint density at radius 1 is 1.53 bits per heavy atom. The molecule has 0 aliphatic rings. The Labute approximate surface area is 107 Å². The van der Waals surface area contributed by atoms with Crippen molar-refractivity contribution in [2.75, 3.05) is 17.2 Å². The first-order valence-electron chi connectivity index (χ1n) is 5.44. The molecular weight excluding hydrogens is 263 g/mol. The fourth-order valence-electron chi connectivity index (χ4n) is 1.52. The van der Waals surface area contributed by atoms with Gasteiger partial charge < -0.3 is 15.7 Å². The smallest absolute Gasteiger partial charge is 0.405 e. The summed E-state index contributed by atoms with van der Waals surface area (Å²) >= 11 is 0. The number of hydrogen-bond donors (Lipinski definition) is 2. The summed E-state index contributed by atoms with van der Waals surface area (Å²) in [5, 5.41) is 8.89. The zero-order valence-corrected chi connectivity index (χ0v) is 10.4. The molecule has 0 aliphatic heterocycles. The highest BCUT2D eigenvalue weighted by Gasteiger charge is 2.32. The van der Waals surface area contributed by atoms with E-state index in [4.69, 9.17) is 10.8 Å². The third kappa shape index (κ3) is 4.01. The predicted molar refractivity (Wildman–Crippen MR) is 64.1 cm³/mol. The van der Waals surface area contributed by atoms with Crippen LogP contribution in [0.5, 0.6) is 0 Å². The third-order valence-electron chi connectivity index (χ3n) is 2.42. The van der Waals surface area contributed by atoms with Crippen LogP contribution in [-0.2, 0) is 0 Å². The van der Waals surface area contributed by atoms with E-state index in [0.29, 0.717) is 0 Å². The van der Waals surface area contributed by atoms with Gasteiger partial charge in [-0.2, -0.15) is 13.2 Å². The summed E-state index contributed by atoms with van der Waals surface area (Å²) in [5.41, 5.74) is 5.05. The highest BCUT2D eigenvalue weighted by molar-refractivity contribution is 5.94. The number of carboxylic acid groups (broad SMARTS) is 1. The van der Waals surface area contributed by atoms with Crippen LogP contribution in [0.15, 0.2) is 12.3 Å². The van der Waals surface area contributed by atoms with Gasteiger partial charge in [0.2, 0.25) is 0 Å². The van der Waals surface area contributed by atoms with Crippen molar-refractivity contribution in [2.24, 2.45) is 0 Å². The molecule has 3 N–H and O–H groups in total. The van der Waals surface area contributed by atoms with E-state index in [1.807, 2.05) is 0 Å². The highest BCUT2D eigenvalue weighted by atomic mass is 19.4. The fourth-order valence-corrected chi connectivity index (χ4v) is 1.52. The number of nitrogen functional groups attached to an aromatic ring is 1. The van der Waals surface area contributed by atoms with Crippen molar-refractivity contribution in [1.82, 2.24) is 4.98 Å². The monoisotopic (exact) mass is 277 g/mol. The van der Waals surface area contributed by atoms with Gasteiger partial charge in [0.15, 0.2) is 0 Å². The Bertz CT molecular complexity index is 475. The van der Waals surface area contributed by atoms with E-state index in [1.165, 1.54) is 0 Å². The van der Waals surface area contributed by atoms with E-state index in [2.05, 4.69) is 4.98 Å². The number of pyridine rings is 1. The number of nitrogens with two attached hydrogens (primary N) is 1. The normalized spacial score (nSPS) is 11.7. The number of alkyl halides is 3. The molecule has 19 heavy (non-hydrogen) atoms. The maximum Gasteiger partial charge on any atom is 0.405 e. The number of aromatic carboxylic acids is 1. The molecule has 0 unspecified atom stereocenters. The van der Waals surface area contributed by atoms with E-state index in [-0.39, 0.29) is 17.1 Å². The average molecular weight is 277 g/mol. The Hall–Kier alpha value is -1.99. The van der Waals surface area contributed by atoms with Crippen LogP contribution in [0.1, 0.15) is 24.2 Å². The second-order valence-electron chi connectivity index (χ2n) is 4.27. The summed E-state index contributed by atoms with van der Waals surface area (Å²) in [6.45, 7) is 1.91. The summed E-state index contributed by atoms with van der Waals surface area (Å²) in [5.74, 6) is -1.38. The van der Waals surface area contributed by atoms with Crippen molar-refractivity contribution in [3.63, 3.8) is 0 Å². The van der Waals surface area contributed by atoms with Crippen molar-refractivity contribution in [1.29, 1.82) is 0 Å². The van der Waals surface area contributed by atoms with Gasteiger partial charge in [-0.1, -0.05) is 0 Å². The van der Waals surface area contributed by atoms with E-state index in [0.717, 1.165) is 17.2 Å². The number of anilines is 2. The predicted octanol–water partition coefficient (Wildman–Crippen LogP) is 2.14.